The van der Waals surface area contributed by atoms with Crippen LogP contribution in [0.2, 0.25) is 10.0 Å². The van der Waals surface area contributed by atoms with Crippen LogP contribution in [0.4, 0.5) is 11.5 Å². The number of ether oxygens (including phenoxy) is 2. The van der Waals surface area contributed by atoms with E-state index in [0.29, 0.717) is 45.3 Å². The number of anilines is 2. The number of nitrogens with one attached hydrogen (secondary N) is 1. The Labute approximate surface area is 172 Å². The molecular formula is C20H17Cl2N3O3. The standard InChI is InChI=1S/C20H17Cl2N3O3/c1-27-20(26)13-3-5-14(6-4-13)28-18-9-8-17(19(23)25-18)24-11-12-2-7-15(21)16(22)10-12/h2-10,24H,11H2,1H3,(H2,23,25). The summed E-state index contributed by atoms with van der Waals surface area (Å²) in [6.07, 6.45) is 0. The second-order valence-corrected chi connectivity index (χ2v) is 6.62. The highest BCUT2D eigenvalue weighted by Gasteiger charge is 2.08. The van der Waals surface area contributed by atoms with Gasteiger partial charge in [-0.3, -0.25) is 0 Å². The van der Waals surface area contributed by atoms with Gasteiger partial charge in [-0.05, 0) is 48.0 Å². The van der Waals surface area contributed by atoms with Gasteiger partial charge >= 0.3 is 5.97 Å². The third-order valence-corrected chi connectivity index (χ3v) is 4.60. The SMILES string of the molecule is COC(=O)c1ccc(Oc2ccc(NCc3ccc(Cl)c(Cl)c3)c(N)n2)cc1. The highest BCUT2D eigenvalue weighted by Crippen LogP contribution is 2.26. The molecule has 0 unspecified atom stereocenters. The lowest BCUT2D eigenvalue weighted by Gasteiger charge is -2.11. The van der Waals surface area contributed by atoms with Crippen LogP contribution in [-0.2, 0) is 11.3 Å². The first-order chi connectivity index (χ1) is 13.5. The number of carbonyl (C=O) groups is 1. The number of carbonyl (C=O) groups excluding carboxylic acids is 1. The van der Waals surface area contributed by atoms with E-state index < -0.39 is 5.97 Å². The van der Waals surface area contributed by atoms with Crippen LogP contribution in [0.3, 0.4) is 0 Å². The maximum Gasteiger partial charge on any atom is 0.337 e. The number of hydrogen-bond acceptors (Lipinski definition) is 6. The maximum absolute atomic E-state index is 11.5. The molecule has 2 aromatic carbocycles. The molecule has 0 amide bonds. The Hall–Kier alpha value is -2.96. The van der Waals surface area contributed by atoms with E-state index in [1.165, 1.54) is 7.11 Å². The number of methoxy groups -OCH3 is 1. The molecule has 0 aliphatic rings. The van der Waals surface area contributed by atoms with Gasteiger partial charge in [0, 0.05) is 12.6 Å². The number of nitrogens with zero attached hydrogens (tertiary/aromatic N) is 1. The zero-order chi connectivity index (χ0) is 20.1. The van der Waals surface area contributed by atoms with Gasteiger partial charge in [0.15, 0.2) is 5.82 Å². The summed E-state index contributed by atoms with van der Waals surface area (Å²) in [5, 5.41) is 4.20. The Morgan fingerprint density at radius 1 is 1.07 bits per heavy atom. The zero-order valence-corrected chi connectivity index (χ0v) is 16.4. The average Bonchev–Trinajstić information content (AvgIpc) is 2.70. The second kappa shape index (κ2) is 8.82. The van der Waals surface area contributed by atoms with Gasteiger partial charge in [-0.2, -0.15) is 4.98 Å². The number of pyridine rings is 1. The zero-order valence-electron chi connectivity index (χ0n) is 14.9. The smallest absolute Gasteiger partial charge is 0.337 e. The first-order valence-corrected chi connectivity index (χ1v) is 9.02. The molecule has 0 saturated heterocycles. The Bertz CT molecular complexity index is 994. The Morgan fingerprint density at radius 3 is 2.46 bits per heavy atom. The van der Waals surface area contributed by atoms with Crippen molar-refractivity contribution in [3.63, 3.8) is 0 Å². The number of hydrogen-bond donors (Lipinski definition) is 2. The molecule has 0 atom stereocenters. The average molecular weight is 418 g/mol. The lowest BCUT2D eigenvalue weighted by Crippen LogP contribution is -2.04. The number of esters is 1. The number of rotatable bonds is 6. The quantitative estimate of drug-likeness (QED) is 0.538. The summed E-state index contributed by atoms with van der Waals surface area (Å²) in [4.78, 5) is 15.7. The van der Waals surface area contributed by atoms with Crippen molar-refractivity contribution in [2.45, 2.75) is 6.54 Å². The molecule has 0 bridgehead atoms. The van der Waals surface area contributed by atoms with E-state index >= 15 is 0 Å². The summed E-state index contributed by atoms with van der Waals surface area (Å²) in [6, 6.07) is 15.4. The summed E-state index contributed by atoms with van der Waals surface area (Å²) < 4.78 is 10.3. The maximum atomic E-state index is 11.5. The molecule has 0 saturated carbocycles. The number of nitrogen functional groups attached to an aromatic ring is 1. The number of aromatic nitrogens is 1. The van der Waals surface area contributed by atoms with Crippen molar-refractivity contribution in [2.24, 2.45) is 0 Å². The van der Waals surface area contributed by atoms with Crippen LogP contribution in [0.1, 0.15) is 15.9 Å². The molecule has 0 spiro atoms. The molecule has 8 heteroatoms. The predicted octanol–water partition coefficient (Wildman–Crippen LogP) is 5.16. The van der Waals surface area contributed by atoms with E-state index in [1.807, 2.05) is 6.07 Å². The van der Waals surface area contributed by atoms with Crippen LogP contribution in [-0.4, -0.2) is 18.1 Å². The van der Waals surface area contributed by atoms with Crippen LogP contribution in [0.25, 0.3) is 0 Å². The number of benzene rings is 2. The van der Waals surface area contributed by atoms with Gasteiger partial charge in [0.1, 0.15) is 5.75 Å². The lowest BCUT2D eigenvalue weighted by atomic mass is 10.2. The molecule has 1 aromatic heterocycles. The Morgan fingerprint density at radius 2 is 1.82 bits per heavy atom. The molecule has 0 aliphatic carbocycles. The molecule has 3 N–H and O–H groups in total. The number of halogens is 2. The van der Waals surface area contributed by atoms with E-state index in [4.69, 9.17) is 33.7 Å². The minimum absolute atomic E-state index is 0.295. The normalized spacial score (nSPS) is 10.4. The van der Waals surface area contributed by atoms with Crippen molar-refractivity contribution in [1.82, 2.24) is 4.98 Å². The molecule has 0 radical (unpaired) electrons. The molecule has 0 fully saturated rings. The molecule has 0 aliphatic heterocycles. The van der Waals surface area contributed by atoms with Crippen molar-refractivity contribution in [2.75, 3.05) is 18.2 Å². The Kier molecular flexibility index (Phi) is 6.23. The van der Waals surface area contributed by atoms with Crippen LogP contribution in [0.15, 0.2) is 54.6 Å². The van der Waals surface area contributed by atoms with Crippen molar-refractivity contribution in [3.05, 3.63) is 75.8 Å². The van der Waals surface area contributed by atoms with Gasteiger partial charge in [-0.15, -0.1) is 0 Å². The fourth-order valence-electron chi connectivity index (χ4n) is 2.41. The van der Waals surface area contributed by atoms with E-state index in [-0.39, 0.29) is 0 Å². The van der Waals surface area contributed by atoms with E-state index in [1.54, 1.807) is 48.5 Å². The summed E-state index contributed by atoms with van der Waals surface area (Å²) in [5.74, 6) is 0.745. The predicted molar refractivity (Wildman–Crippen MR) is 110 cm³/mol. The summed E-state index contributed by atoms with van der Waals surface area (Å²) in [6.45, 7) is 0.512. The van der Waals surface area contributed by atoms with Crippen LogP contribution >= 0.6 is 23.2 Å². The van der Waals surface area contributed by atoms with Crippen molar-refractivity contribution in [1.29, 1.82) is 0 Å². The van der Waals surface area contributed by atoms with E-state index in [0.717, 1.165) is 5.56 Å². The van der Waals surface area contributed by atoms with E-state index in [9.17, 15) is 4.79 Å². The van der Waals surface area contributed by atoms with Gasteiger partial charge in [0.25, 0.3) is 0 Å². The first-order valence-electron chi connectivity index (χ1n) is 8.27. The molecule has 1 heterocycles. The second-order valence-electron chi connectivity index (χ2n) is 5.80. The minimum atomic E-state index is -0.411. The highest BCUT2D eigenvalue weighted by atomic mass is 35.5. The van der Waals surface area contributed by atoms with Crippen molar-refractivity contribution < 1.29 is 14.3 Å². The summed E-state index contributed by atoms with van der Waals surface area (Å²) >= 11 is 11.9. The minimum Gasteiger partial charge on any atom is -0.465 e. The van der Waals surface area contributed by atoms with Gasteiger partial charge in [0.05, 0.1) is 28.4 Å². The fourth-order valence-corrected chi connectivity index (χ4v) is 2.73. The summed E-state index contributed by atoms with van der Waals surface area (Å²) in [7, 11) is 1.33. The Balaban J connectivity index is 1.64. The molecule has 6 nitrogen and oxygen atoms in total. The van der Waals surface area contributed by atoms with Crippen LogP contribution < -0.4 is 15.8 Å². The highest BCUT2D eigenvalue weighted by molar-refractivity contribution is 6.42. The third kappa shape index (κ3) is 4.85. The lowest BCUT2D eigenvalue weighted by molar-refractivity contribution is 0.0600. The van der Waals surface area contributed by atoms with Crippen LogP contribution in [0.5, 0.6) is 11.6 Å². The molecule has 3 rings (SSSR count). The third-order valence-electron chi connectivity index (χ3n) is 3.86. The largest absolute Gasteiger partial charge is 0.465 e. The van der Waals surface area contributed by atoms with Crippen molar-refractivity contribution >= 4 is 40.7 Å². The molecule has 3 aromatic rings. The molecule has 144 valence electrons. The molecular weight excluding hydrogens is 401 g/mol. The first kappa shape index (κ1) is 19.8. The van der Waals surface area contributed by atoms with Gasteiger partial charge in [0.2, 0.25) is 5.88 Å². The van der Waals surface area contributed by atoms with Gasteiger partial charge in [-0.1, -0.05) is 29.3 Å². The van der Waals surface area contributed by atoms with Crippen LogP contribution in [0, 0.1) is 0 Å². The van der Waals surface area contributed by atoms with Crippen molar-refractivity contribution in [3.8, 4) is 11.6 Å². The monoisotopic (exact) mass is 417 g/mol. The fraction of sp³-hybridized carbons (Fsp3) is 0.100. The number of nitrogens with two attached hydrogens (primary N) is 1. The summed E-state index contributed by atoms with van der Waals surface area (Å²) in [5.41, 5.74) is 8.07. The van der Waals surface area contributed by atoms with E-state index in [2.05, 4.69) is 15.0 Å². The van der Waals surface area contributed by atoms with Gasteiger partial charge in [-0.25, -0.2) is 4.79 Å². The topological polar surface area (TPSA) is 86.5 Å². The van der Waals surface area contributed by atoms with Gasteiger partial charge < -0.3 is 20.5 Å². The molecule has 28 heavy (non-hydrogen) atoms.